The summed E-state index contributed by atoms with van der Waals surface area (Å²) < 4.78 is 5.03. The molecule has 0 N–H and O–H groups in total. The van der Waals surface area contributed by atoms with E-state index < -0.39 is 5.97 Å². The van der Waals surface area contributed by atoms with Gasteiger partial charge < -0.3 is 4.74 Å². The molecule has 0 radical (unpaired) electrons. The van der Waals surface area contributed by atoms with Crippen LogP contribution >= 0.6 is 0 Å². The van der Waals surface area contributed by atoms with Crippen LogP contribution in [0.15, 0.2) is 73.1 Å². The summed E-state index contributed by atoms with van der Waals surface area (Å²) in [5.41, 5.74) is 1.82. The number of rotatable bonds is 6. The molecule has 0 aliphatic heterocycles. The Bertz CT molecular complexity index is 847. The van der Waals surface area contributed by atoms with Crippen LogP contribution in [0.4, 0.5) is 0 Å². The van der Waals surface area contributed by atoms with Gasteiger partial charge in [-0.25, -0.2) is 14.8 Å². The summed E-state index contributed by atoms with van der Waals surface area (Å²) in [4.78, 5) is 32.3. The van der Waals surface area contributed by atoms with Crippen molar-refractivity contribution in [3.8, 4) is 0 Å². The van der Waals surface area contributed by atoms with Crippen LogP contribution in [-0.2, 0) is 11.2 Å². The van der Waals surface area contributed by atoms with Crippen molar-refractivity contribution in [2.75, 3.05) is 6.61 Å². The van der Waals surface area contributed by atoms with E-state index in [1.807, 2.05) is 30.3 Å². The van der Waals surface area contributed by atoms with Gasteiger partial charge in [-0.3, -0.25) is 4.79 Å². The molecule has 5 heteroatoms. The molecule has 25 heavy (non-hydrogen) atoms. The molecule has 0 aliphatic rings. The molecule has 0 saturated carbocycles. The molecule has 2 aromatic carbocycles. The van der Waals surface area contributed by atoms with Gasteiger partial charge in [0.1, 0.15) is 5.82 Å². The van der Waals surface area contributed by atoms with Gasteiger partial charge in [0.05, 0.1) is 11.1 Å². The van der Waals surface area contributed by atoms with Gasteiger partial charge in [0, 0.05) is 18.8 Å². The number of benzene rings is 2. The molecule has 1 aromatic heterocycles. The maximum Gasteiger partial charge on any atom is 0.338 e. The zero-order valence-corrected chi connectivity index (χ0v) is 13.5. The number of ketones is 1. The van der Waals surface area contributed by atoms with Crippen LogP contribution in [-0.4, -0.2) is 28.3 Å². The number of esters is 1. The van der Waals surface area contributed by atoms with Crippen LogP contribution in [0.3, 0.4) is 0 Å². The highest BCUT2D eigenvalue weighted by Gasteiger charge is 2.12. The van der Waals surface area contributed by atoms with Crippen LogP contribution in [0.1, 0.15) is 32.1 Å². The summed E-state index contributed by atoms with van der Waals surface area (Å²) in [6, 6.07) is 18.4. The fraction of sp³-hybridized carbons (Fsp3) is 0.100. The summed E-state index contributed by atoms with van der Waals surface area (Å²) in [7, 11) is 0. The maximum absolute atomic E-state index is 12.1. The lowest BCUT2D eigenvalue weighted by Crippen LogP contribution is -2.15. The minimum absolute atomic E-state index is 0.317. The Kier molecular flexibility index (Phi) is 5.26. The van der Waals surface area contributed by atoms with Gasteiger partial charge in [-0.05, 0) is 17.7 Å². The molecule has 0 spiro atoms. The molecule has 0 bridgehead atoms. The molecular weight excluding hydrogens is 316 g/mol. The van der Waals surface area contributed by atoms with Crippen LogP contribution in [0, 0.1) is 0 Å². The largest absolute Gasteiger partial charge is 0.454 e. The fourth-order valence-electron chi connectivity index (χ4n) is 2.24. The standard InChI is InChI=1S/C20H16N2O3/c23-18(14-25-20(24)16-9-5-2-6-10-16)17-12-21-19(22-13-17)11-15-7-3-1-4-8-15/h1-10,12-13H,11,14H2. The van der Waals surface area contributed by atoms with Gasteiger partial charge in [0.25, 0.3) is 0 Å². The lowest BCUT2D eigenvalue weighted by Gasteiger charge is -2.05. The van der Waals surface area contributed by atoms with Gasteiger partial charge in [-0.15, -0.1) is 0 Å². The van der Waals surface area contributed by atoms with Crippen molar-refractivity contribution in [1.29, 1.82) is 0 Å². The molecule has 5 nitrogen and oxygen atoms in total. The van der Waals surface area contributed by atoms with Gasteiger partial charge in [-0.2, -0.15) is 0 Å². The van der Waals surface area contributed by atoms with Crippen LogP contribution in [0.25, 0.3) is 0 Å². The Morgan fingerprint density at radius 3 is 2.04 bits per heavy atom. The number of ether oxygens (including phenoxy) is 1. The Morgan fingerprint density at radius 1 is 0.800 bits per heavy atom. The minimum Gasteiger partial charge on any atom is -0.454 e. The van der Waals surface area contributed by atoms with Crippen molar-refractivity contribution in [3.05, 3.63) is 95.6 Å². The molecule has 0 amide bonds. The number of nitrogens with zero attached hydrogens (tertiary/aromatic N) is 2. The highest BCUT2D eigenvalue weighted by Crippen LogP contribution is 2.07. The van der Waals surface area contributed by atoms with E-state index in [4.69, 9.17) is 4.74 Å². The molecular formula is C20H16N2O3. The normalized spacial score (nSPS) is 10.2. The highest BCUT2D eigenvalue weighted by molar-refractivity contribution is 5.98. The number of carbonyl (C=O) groups excluding carboxylic acids is 2. The zero-order chi connectivity index (χ0) is 17.5. The van der Waals surface area contributed by atoms with E-state index in [0.717, 1.165) is 5.56 Å². The SMILES string of the molecule is O=C(COC(=O)c1ccccc1)c1cnc(Cc2ccccc2)nc1. The Labute approximate surface area is 145 Å². The number of carbonyl (C=O) groups is 2. The van der Waals surface area contributed by atoms with Crippen molar-refractivity contribution >= 4 is 11.8 Å². The van der Waals surface area contributed by atoms with Gasteiger partial charge >= 0.3 is 5.97 Å². The molecule has 3 aromatic rings. The van der Waals surface area contributed by atoms with Crippen LogP contribution in [0.5, 0.6) is 0 Å². The number of aromatic nitrogens is 2. The number of hydrogen-bond acceptors (Lipinski definition) is 5. The lowest BCUT2D eigenvalue weighted by molar-refractivity contribution is 0.0474. The van der Waals surface area contributed by atoms with E-state index in [0.29, 0.717) is 23.4 Å². The topological polar surface area (TPSA) is 69.2 Å². The van der Waals surface area contributed by atoms with Gasteiger partial charge in [-0.1, -0.05) is 48.5 Å². The first-order valence-electron chi connectivity index (χ1n) is 7.82. The Morgan fingerprint density at radius 2 is 1.40 bits per heavy atom. The lowest BCUT2D eigenvalue weighted by atomic mass is 10.1. The molecule has 0 atom stereocenters. The van der Waals surface area contributed by atoms with E-state index in [2.05, 4.69) is 9.97 Å². The highest BCUT2D eigenvalue weighted by atomic mass is 16.5. The number of Topliss-reactive ketones (excluding diaryl/α,β-unsaturated/α-hetero) is 1. The molecule has 124 valence electrons. The average molecular weight is 332 g/mol. The first-order chi connectivity index (χ1) is 12.2. The third-order valence-electron chi connectivity index (χ3n) is 3.58. The summed E-state index contributed by atoms with van der Waals surface area (Å²) in [5, 5.41) is 0. The first-order valence-corrected chi connectivity index (χ1v) is 7.82. The fourth-order valence-corrected chi connectivity index (χ4v) is 2.24. The Balaban J connectivity index is 1.56. The van der Waals surface area contributed by atoms with E-state index in [1.165, 1.54) is 12.4 Å². The molecule has 0 unspecified atom stereocenters. The van der Waals surface area contributed by atoms with Crippen LogP contribution < -0.4 is 0 Å². The average Bonchev–Trinajstić information content (AvgIpc) is 2.68. The minimum atomic E-state index is -0.532. The summed E-state index contributed by atoms with van der Waals surface area (Å²) in [5.74, 6) is -0.241. The van der Waals surface area contributed by atoms with E-state index in [9.17, 15) is 9.59 Å². The molecule has 1 heterocycles. The second-order valence-electron chi connectivity index (χ2n) is 5.42. The van der Waals surface area contributed by atoms with Gasteiger partial charge in [0.2, 0.25) is 5.78 Å². The molecule has 0 saturated heterocycles. The third-order valence-corrected chi connectivity index (χ3v) is 3.58. The second kappa shape index (κ2) is 7.97. The Hall–Kier alpha value is -3.34. The summed E-state index contributed by atoms with van der Waals surface area (Å²) in [6.07, 6.45) is 3.52. The van der Waals surface area contributed by atoms with E-state index >= 15 is 0 Å². The van der Waals surface area contributed by atoms with Crippen molar-refractivity contribution in [3.63, 3.8) is 0 Å². The van der Waals surface area contributed by atoms with Crippen LogP contribution in [0.2, 0.25) is 0 Å². The molecule has 0 aliphatic carbocycles. The van der Waals surface area contributed by atoms with Crippen molar-refractivity contribution in [2.45, 2.75) is 6.42 Å². The summed E-state index contributed by atoms with van der Waals surface area (Å²) in [6.45, 7) is -0.338. The third kappa shape index (κ3) is 4.57. The van der Waals surface area contributed by atoms with E-state index in [1.54, 1.807) is 30.3 Å². The van der Waals surface area contributed by atoms with Crippen molar-refractivity contribution < 1.29 is 14.3 Å². The van der Waals surface area contributed by atoms with Crippen molar-refractivity contribution in [1.82, 2.24) is 9.97 Å². The predicted octanol–water partition coefficient (Wildman–Crippen LogP) is 3.11. The second-order valence-corrected chi connectivity index (χ2v) is 5.42. The van der Waals surface area contributed by atoms with E-state index in [-0.39, 0.29) is 12.4 Å². The predicted molar refractivity (Wildman–Crippen MR) is 92.3 cm³/mol. The first kappa shape index (κ1) is 16.5. The number of hydrogen-bond donors (Lipinski definition) is 0. The zero-order valence-electron chi connectivity index (χ0n) is 13.5. The summed E-state index contributed by atoms with van der Waals surface area (Å²) >= 11 is 0. The maximum atomic E-state index is 12.1. The van der Waals surface area contributed by atoms with Crippen molar-refractivity contribution in [2.24, 2.45) is 0 Å². The quantitative estimate of drug-likeness (QED) is 0.512. The van der Waals surface area contributed by atoms with Gasteiger partial charge in [0.15, 0.2) is 6.61 Å². The smallest absolute Gasteiger partial charge is 0.338 e. The molecule has 0 fully saturated rings. The molecule has 3 rings (SSSR count). The monoisotopic (exact) mass is 332 g/mol.